The van der Waals surface area contributed by atoms with Gasteiger partial charge >= 0.3 is 5.97 Å². The zero-order valence-electron chi connectivity index (χ0n) is 9.98. The summed E-state index contributed by atoms with van der Waals surface area (Å²) in [7, 11) is 1.99. The van der Waals surface area contributed by atoms with Crippen LogP contribution in [0.2, 0.25) is 0 Å². The van der Waals surface area contributed by atoms with Crippen LogP contribution in [0.4, 0.5) is 0 Å². The first kappa shape index (κ1) is 11.9. The molecule has 0 heterocycles. The molecule has 0 saturated heterocycles. The molecule has 16 heavy (non-hydrogen) atoms. The molecule has 0 aromatic carbocycles. The largest absolute Gasteiger partial charge is 0.480 e. The molecule has 0 aromatic heterocycles. The molecule has 92 valence electrons. The van der Waals surface area contributed by atoms with Gasteiger partial charge in [-0.1, -0.05) is 6.42 Å². The van der Waals surface area contributed by atoms with E-state index < -0.39 is 11.5 Å². The number of nitrogens with zero attached hydrogens (tertiary/aromatic N) is 1. The van der Waals surface area contributed by atoms with Crippen LogP contribution in [-0.2, 0) is 4.79 Å². The Bertz CT molecular complexity index is 274. The Morgan fingerprint density at radius 3 is 2.44 bits per heavy atom. The lowest BCUT2D eigenvalue weighted by Gasteiger charge is -2.34. The van der Waals surface area contributed by atoms with Crippen LogP contribution in [0.3, 0.4) is 0 Å². The van der Waals surface area contributed by atoms with E-state index in [1.54, 1.807) is 0 Å². The van der Waals surface area contributed by atoms with Gasteiger partial charge in [0, 0.05) is 13.1 Å². The summed E-state index contributed by atoms with van der Waals surface area (Å²) in [5.74, 6) is 0.117. The van der Waals surface area contributed by atoms with Crippen LogP contribution >= 0.6 is 0 Å². The maximum absolute atomic E-state index is 11.3. The predicted molar refractivity (Wildman–Crippen MR) is 62.1 cm³/mol. The van der Waals surface area contributed by atoms with Crippen molar-refractivity contribution in [2.45, 2.75) is 37.6 Å². The number of rotatable bonds is 6. The van der Waals surface area contributed by atoms with Crippen molar-refractivity contribution < 1.29 is 9.90 Å². The topological polar surface area (TPSA) is 66.6 Å². The fourth-order valence-corrected chi connectivity index (χ4v) is 2.60. The molecule has 0 spiro atoms. The van der Waals surface area contributed by atoms with Crippen molar-refractivity contribution in [3.05, 3.63) is 0 Å². The van der Waals surface area contributed by atoms with Crippen molar-refractivity contribution >= 4 is 5.97 Å². The van der Waals surface area contributed by atoms with Gasteiger partial charge in [-0.05, 0) is 44.6 Å². The van der Waals surface area contributed by atoms with Gasteiger partial charge in [-0.25, -0.2) is 0 Å². The molecule has 2 fully saturated rings. The average molecular weight is 226 g/mol. The zero-order valence-corrected chi connectivity index (χ0v) is 9.98. The van der Waals surface area contributed by atoms with Gasteiger partial charge in [-0.15, -0.1) is 0 Å². The number of carboxylic acids is 1. The number of aliphatic carboxylic acids is 1. The van der Waals surface area contributed by atoms with Crippen molar-refractivity contribution in [3.63, 3.8) is 0 Å². The van der Waals surface area contributed by atoms with Gasteiger partial charge in [0.15, 0.2) is 0 Å². The highest BCUT2D eigenvalue weighted by Crippen LogP contribution is 2.39. The highest BCUT2D eigenvalue weighted by Gasteiger charge is 2.48. The van der Waals surface area contributed by atoms with Gasteiger partial charge in [-0.3, -0.25) is 4.79 Å². The highest BCUT2D eigenvalue weighted by molar-refractivity contribution is 5.79. The first-order valence-corrected chi connectivity index (χ1v) is 6.23. The average Bonchev–Trinajstić information content (AvgIpc) is 2.94. The number of likely N-dealkylation sites (N-methyl/N-ethyl adjacent to an activating group) is 1. The minimum absolute atomic E-state index is 0.189. The van der Waals surface area contributed by atoms with E-state index in [1.165, 1.54) is 19.3 Å². The minimum Gasteiger partial charge on any atom is -0.480 e. The molecule has 2 aliphatic carbocycles. The number of hydrogen-bond acceptors (Lipinski definition) is 3. The third-order valence-corrected chi connectivity index (χ3v) is 4.03. The lowest BCUT2D eigenvalue weighted by atomic mass is 9.84. The van der Waals surface area contributed by atoms with Crippen LogP contribution in [0.1, 0.15) is 32.1 Å². The second-order valence-electron chi connectivity index (χ2n) is 5.61. The van der Waals surface area contributed by atoms with E-state index >= 15 is 0 Å². The molecule has 1 unspecified atom stereocenters. The lowest BCUT2D eigenvalue weighted by molar-refractivity contribution is -0.145. The summed E-state index contributed by atoms with van der Waals surface area (Å²) in [5, 5.41) is 9.25. The molecule has 2 aliphatic rings. The summed E-state index contributed by atoms with van der Waals surface area (Å²) < 4.78 is 0. The summed E-state index contributed by atoms with van der Waals surface area (Å²) in [6.45, 7) is 1.49. The predicted octanol–water partition coefficient (Wildman–Crippen LogP) is 0.910. The maximum atomic E-state index is 11.3. The van der Waals surface area contributed by atoms with Crippen LogP contribution in [0, 0.1) is 11.8 Å². The Hall–Kier alpha value is -0.610. The minimum atomic E-state index is -1.02. The van der Waals surface area contributed by atoms with Crippen molar-refractivity contribution in [3.8, 4) is 0 Å². The third-order valence-electron chi connectivity index (χ3n) is 4.03. The Morgan fingerprint density at radius 1 is 1.44 bits per heavy atom. The summed E-state index contributed by atoms with van der Waals surface area (Å²) in [5.41, 5.74) is 5.03. The van der Waals surface area contributed by atoms with Crippen LogP contribution < -0.4 is 5.73 Å². The van der Waals surface area contributed by atoms with E-state index in [0.29, 0.717) is 6.54 Å². The molecular weight excluding hydrogens is 204 g/mol. The molecule has 3 N–H and O–H groups in total. The molecule has 0 bridgehead atoms. The van der Waals surface area contributed by atoms with Gasteiger partial charge in [0.1, 0.15) is 5.54 Å². The Balaban J connectivity index is 1.86. The van der Waals surface area contributed by atoms with Crippen LogP contribution in [0.15, 0.2) is 0 Å². The normalized spacial score (nSPS) is 25.2. The maximum Gasteiger partial charge on any atom is 0.325 e. The third kappa shape index (κ3) is 2.38. The zero-order chi connectivity index (χ0) is 11.8. The highest BCUT2D eigenvalue weighted by atomic mass is 16.4. The van der Waals surface area contributed by atoms with E-state index in [4.69, 9.17) is 5.73 Å². The molecule has 0 amide bonds. The Labute approximate surface area is 96.8 Å². The van der Waals surface area contributed by atoms with E-state index in [2.05, 4.69) is 4.90 Å². The molecule has 4 nitrogen and oxygen atoms in total. The van der Waals surface area contributed by atoms with Crippen LogP contribution in [0.25, 0.3) is 0 Å². The quantitative estimate of drug-likeness (QED) is 0.706. The Kier molecular flexibility index (Phi) is 3.22. The first-order chi connectivity index (χ1) is 7.52. The fraction of sp³-hybridized carbons (Fsp3) is 0.917. The van der Waals surface area contributed by atoms with E-state index in [9.17, 15) is 9.90 Å². The van der Waals surface area contributed by atoms with Crippen LogP contribution in [-0.4, -0.2) is 41.7 Å². The molecule has 2 rings (SSSR count). The van der Waals surface area contributed by atoms with Crippen molar-refractivity contribution in [1.82, 2.24) is 4.90 Å². The molecular formula is C12H22N2O2. The Morgan fingerprint density at radius 2 is 2.06 bits per heavy atom. The number of hydrogen-bond donors (Lipinski definition) is 2. The van der Waals surface area contributed by atoms with E-state index in [-0.39, 0.29) is 5.92 Å². The first-order valence-electron chi connectivity index (χ1n) is 6.23. The second kappa shape index (κ2) is 4.34. The summed E-state index contributed by atoms with van der Waals surface area (Å²) >= 11 is 0. The molecule has 0 aromatic rings. The van der Waals surface area contributed by atoms with Gasteiger partial charge in [0.05, 0.1) is 0 Å². The standard InChI is InChI=1S/C12H22N2O2/c1-14(7-9-3-2-4-9)8-12(13,11(15)16)10-5-6-10/h9-10H,2-8,13H2,1H3,(H,15,16). The molecule has 4 heteroatoms. The fourth-order valence-electron chi connectivity index (χ4n) is 2.60. The van der Waals surface area contributed by atoms with Crippen molar-refractivity contribution in [2.75, 3.05) is 20.1 Å². The molecule has 0 radical (unpaired) electrons. The lowest BCUT2D eigenvalue weighted by Crippen LogP contribution is -2.57. The van der Waals surface area contributed by atoms with E-state index in [1.807, 2.05) is 7.05 Å². The summed E-state index contributed by atoms with van der Waals surface area (Å²) in [6, 6.07) is 0. The molecule has 2 saturated carbocycles. The van der Waals surface area contributed by atoms with Crippen molar-refractivity contribution in [2.24, 2.45) is 17.6 Å². The smallest absolute Gasteiger partial charge is 0.325 e. The summed E-state index contributed by atoms with van der Waals surface area (Å²) in [4.78, 5) is 13.4. The van der Waals surface area contributed by atoms with Crippen molar-refractivity contribution in [1.29, 1.82) is 0 Å². The monoisotopic (exact) mass is 226 g/mol. The molecule has 1 atom stereocenters. The van der Waals surface area contributed by atoms with Gasteiger partial charge < -0.3 is 15.7 Å². The van der Waals surface area contributed by atoms with E-state index in [0.717, 1.165) is 25.3 Å². The number of carbonyl (C=O) groups is 1. The van der Waals surface area contributed by atoms with Crippen LogP contribution in [0.5, 0.6) is 0 Å². The second-order valence-corrected chi connectivity index (χ2v) is 5.61. The summed E-state index contributed by atoms with van der Waals surface area (Å²) in [6.07, 6.45) is 5.85. The number of carboxylic acid groups (broad SMARTS) is 1. The molecule has 0 aliphatic heterocycles. The SMILES string of the molecule is CN(CC1CCC1)CC(N)(C(=O)O)C1CC1. The van der Waals surface area contributed by atoms with Gasteiger partial charge in [0.2, 0.25) is 0 Å². The number of nitrogens with two attached hydrogens (primary N) is 1. The van der Waals surface area contributed by atoms with Gasteiger partial charge in [0.25, 0.3) is 0 Å². The van der Waals surface area contributed by atoms with Gasteiger partial charge in [-0.2, -0.15) is 0 Å².